The largest absolute Gasteiger partial charge is 0.456 e. The minimum atomic E-state index is -3.75. The first-order valence-electron chi connectivity index (χ1n) is 7.90. The smallest absolute Gasteiger partial charge is 0.291 e. The molecule has 0 bridgehead atoms. The number of carbonyl (C=O) groups excluding carboxylic acids is 1. The molecule has 7 heteroatoms. The molecule has 1 heterocycles. The predicted octanol–water partition coefficient (Wildman–Crippen LogP) is 3.67. The van der Waals surface area contributed by atoms with E-state index in [4.69, 9.17) is 4.42 Å². The molecule has 0 saturated carbocycles. The molecule has 6 nitrogen and oxygen atoms in total. The predicted molar refractivity (Wildman–Crippen MR) is 99.9 cm³/mol. The van der Waals surface area contributed by atoms with Crippen molar-refractivity contribution in [2.24, 2.45) is 0 Å². The van der Waals surface area contributed by atoms with Crippen LogP contribution in [-0.4, -0.2) is 21.4 Å². The maximum atomic E-state index is 12.8. The standard InChI is InChI=1S/C19H18N2O4S/c1-14-11-12-18(25-14)19(22)20-15-7-6-10-17(13-15)26(23,24)21(2)16-8-4-3-5-9-16/h3-13H,1-2H3,(H,20,22). The third kappa shape index (κ3) is 3.62. The summed E-state index contributed by atoms with van der Waals surface area (Å²) in [6.45, 7) is 1.74. The van der Waals surface area contributed by atoms with Crippen LogP contribution in [0.5, 0.6) is 0 Å². The summed E-state index contributed by atoms with van der Waals surface area (Å²) in [5.74, 6) is 0.345. The Hall–Kier alpha value is -3.06. The number of benzene rings is 2. The van der Waals surface area contributed by atoms with Crippen molar-refractivity contribution in [1.82, 2.24) is 0 Å². The summed E-state index contributed by atoms with van der Waals surface area (Å²) in [6.07, 6.45) is 0. The van der Waals surface area contributed by atoms with E-state index in [9.17, 15) is 13.2 Å². The average Bonchev–Trinajstić information content (AvgIpc) is 3.08. The van der Waals surface area contributed by atoms with Crippen molar-refractivity contribution < 1.29 is 17.6 Å². The molecule has 0 saturated heterocycles. The highest BCUT2D eigenvalue weighted by atomic mass is 32.2. The van der Waals surface area contributed by atoms with Gasteiger partial charge in [0.25, 0.3) is 15.9 Å². The molecular weight excluding hydrogens is 352 g/mol. The second-order valence-electron chi connectivity index (χ2n) is 5.70. The molecule has 1 aromatic heterocycles. The van der Waals surface area contributed by atoms with Crippen LogP contribution in [0, 0.1) is 6.92 Å². The zero-order chi connectivity index (χ0) is 18.7. The lowest BCUT2D eigenvalue weighted by atomic mass is 10.3. The Morgan fingerprint density at radius 2 is 1.73 bits per heavy atom. The van der Waals surface area contributed by atoms with Crippen LogP contribution in [0.3, 0.4) is 0 Å². The number of hydrogen-bond acceptors (Lipinski definition) is 4. The fourth-order valence-corrected chi connectivity index (χ4v) is 3.66. The van der Waals surface area contributed by atoms with Gasteiger partial charge in [-0.3, -0.25) is 9.10 Å². The number of rotatable bonds is 5. The van der Waals surface area contributed by atoms with Crippen LogP contribution in [0.4, 0.5) is 11.4 Å². The van der Waals surface area contributed by atoms with Crippen LogP contribution in [0.2, 0.25) is 0 Å². The van der Waals surface area contributed by atoms with E-state index in [1.807, 2.05) is 6.07 Å². The van der Waals surface area contributed by atoms with Crippen molar-refractivity contribution >= 4 is 27.3 Å². The van der Waals surface area contributed by atoms with Crippen LogP contribution >= 0.6 is 0 Å². The van der Waals surface area contributed by atoms with Gasteiger partial charge in [0, 0.05) is 12.7 Å². The van der Waals surface area contributed by atoms with Crippen molar-refractivity contribution in [3.05, 3.63) is 78.3 Å². The number of carbonyl (C=O) groups is 1. The molecule has 26 heavy (non-hydrogen) atoms. The maximum absolute atomic E-state index is 12.8. The summed E-state index contributed by atoms with van der Waals surface area (Å²) in [4.78, 5) is 12.3. The molecule has 0 radical (unpaired) electrons. The number of furan rings is 1. The SMILES string of the molecule is Cc1ccc(C(=O)Nc2cccc(S(=O)(=O)N(C)c3ccccc3)c2)o1. The zero-order valence-electron chi connectivity index (χ0n) is 14.3. The number of hydrogen-bond donors (Lipinski definition) is 1. The van der Waals surface area contributed by atoms with Gasteiger partial charge >= 0.3 is 0 Å². The minimum absolute atomic E-state index is 0.0808. The van der Waals surface area contributed by atoms with Gasteiger partial charge < -0.3 is 9.73 Å². The summed E-state index contributed by atoms with van der Waals surface area (Å²) in [7, 11) is -2.26. The Balaban J connectivity index is 1.85. The molecule has 0 aliphatic carbocycles. The normalized spacial score (nSPS) is 11.2. The van der Waals surface area contributed by atoms with E-state index in [1.54, 1.807) is 55.5 Å². The van der Waals surface area contributed by atoms with E-state index in [-0.39, 0.29) is 10.7 Å². The first-order chi connectivity index (χ1) is 12.4. The van der Waals surface area contributed by atoms with Crippen LogP contribution in [0.15, 0.2) is 76.0 Å². The molecule has 134 valence electrons. The summed E-state index contributed by atoms with van der Waals surface area (Å²) in [5.41, 5.74) is 0.916. The third-order valence-electron chi connectivity index (χ3n) is 3.83. The lowest BCUT2D eigenvalue weighted by Crippen LogP contribution is -2.26. The lowest BCUT2D eigenvalue weighted by Gasteiger charge is -2.19. The van der Waals surface area contributed by atoms with Gasteiger partial charge in [-0.25, -0.2) is 8.42 Å². The van der Waals surface area contributed by atoms with Crippen molar-refractivity contribution in [3.8, 4) is 0 Å². The van der Waals surface area contributed by atoms with Gasteiger partial charge in [-0.15, -0.1) is 0 Å². The van der Waals surface area contributed by atoms with E-state index in [2.05, 4.69) is 5.32 Å². The number of aryl methyl sites for hydroxylation is 1. The monoisotopic (exact) mass is 370 g/mol. The van der Waals surface area contributed by atoms with Gasteiger partial charge in [-0.1, -0.05) is 24.3 Å². The fourth-order valence-electron chi connectivity index (χ4n) is 2.42. The van der Waals surface area contributed by atoms with Gasteiger partial charge in [-0.2, -0.15) is 0 Å². The van der Waals surface area contributed by atoms with Crippen LogP contribution in [0.1, 0.15) is 16.3 Å². The number of anilines is 2. The van der Waals surface area contributed by atoms with Gasteiger partial charge in [-0.05, 0) is 49.4 Å². The van der Waals surface area contributed by atoms with Gasteiger partial charge in [0.1, 0.15) is 5.76 Å². The quantitative estimate of drug-likeness (QED) is 0.743. The molecule has 2 aromatic carbocycles. The molecule has 1 N–H and O–H groups in total. The van der Waals surface area contributed by atoms with E-state index in [1.165, 1.54) is 23.5 Å². The van der Waals surface area contributed by atoms with Gasteiger partial charge in [0.2, 0.25) is 0 Å². The second-order valence-corrected chi connectivity index (χ2v) is 7.67. The first-order valence-corrected chi connectivity index (χ1v) is 9.34. The number of nitrogens with one attached hydrogen (secondary N) is 1. The molecule has 0 fully saturated rings. The van der Waals surface area contributed by atoms with Crippen molar-refractivity contribution in [3.63, 3.8) is 0 Å². The Morgan fingerprint density at radius 3 is 2.38 bits per heavy atom. The molecule has 1 amide bonds. The van der Waals surface area contributed by atoms with Crippen molar-refractivity contribution in [2.45, 2.75) is 11.8 Å². The molecule has 0 spiro atoms. The molecule has 0 aliphatic rings. The van der Waals surface area contributed by atoms with Crippen molar-refractivity contribution in [1.29, 1.82) is 0 Å². The number of amides is 1. The topological polar surface area (TPSA) is 79.6 Å². The number of sulfonamides is 1. The molecule has 0 aliphatic heterocycles. The second kappa shape index (κ2) is 7.05. The highest BCUT2D eigenvalue weighted by Crippen LogP contribution is 2.24. The third-order valence-corrected chi connectivity index (χ3v) is 5.62. The van der Waals surface area contributed by atoms with Gasteiger partial charge in [0.05, 0.1) is 10.6 Å². The zero-order valence-corrected chi connectivity index (χ0v) is 15.2. The molecule has 0 atom stereocenters. The summed E-state index contributed by atoms with van der Waals surface area (Å²) in [5, 5.41) is 2.65. The van der Waals surface area contributed by atoms with Crippen LogP contribution in [0.25, 0.3) is 0 Å². The highest BCUT2D eigenvalue weighted by molar-refractivity contribution is 7.92. The molecule has 0 unspecified atom stereocenters. The fraction of sp³-hybridized carbons (Fsp3) is 0.105. The van der Waals surface area contributed by atoms with E-state index in [0.29, 0.717) is 17.1 Å². The van der Waals surface area contributed by atoms with E-state index >= 15 is 0 Å². The number of para-hydroxylation sites is 1. The van der Waals surface area contributed by atoms with Gasteiger partial charge in [0.15, 0.2) is 5.76 Å². The average molecular weight is 370 g/mol. The summed E-state index contributed by atoms with van der Waals surface area (Å²) < 4.78 is 32.1. The Bertz CT molecular complexity index is 1030. The Kier molecular flexibility index (Phi) is 4.81. The first kappa shape index (κ1) is 17.8. The summed E-state index contributed by atoms with van der Waals surface area (Å²) >= 11 is 0. The molecular formula is C19H18N2O4S. The van der Waals surface area contributed by atoms with Crippen LogP contribution in [-0.2, 0) is 10.0 Å². The lowest BCUT2D eigenvalue weighted by molar-refractivity contribution is 0.0995. The van der Waals surface area contributed by atoms with E-state index in [0.717, 1.165) is 0 Å². The minimum Gasteiger partial charge on any atom is -0.456 e. The Labute approximate surface area is 152 Å². The highest BCUT2D eigenvalue weighted by Gasteiger charge is 2.22. The molecule has 3 aromatic rings. The van der Waals surface area contributed by atoms with Crippen LogP contribution < -0.4 is 9.62 Å². The van der Waals surface area contributed by atoms with E-state index < -0.39 is 15.9 Å². The number of nitrogens with zero attached hydrogens (tertiary/aromatic N) is 1. The Morgan fingerprint density at radius 1 is 1.00 bits per heavy atom. The molecule has 3 rings (SSSR count). The maximum Gasteiger partial charge on any atom is 0.291 e. The van der Waals surface area contributed by atoms with Crippen molar-refractivity contribution in [2.75, 3.05) is 16.7 Å². The summed E-state index contributed by atoms with van der Waals surface area (Å²) in [6, 6.07) is 18.1.